The predicted octanol–water partition coefficient (Wildman–Crippen LogP) is 3.99. The molecule has 3 heterocycles. The number of amides is 1. The van der Waals surface area contributed by atoms with Gasteiger partial charge in [-0.15, -0.1) is 49.0 Å². The van der Waals surface area contributed by atoms with Crippen LogP contribution in [0.2, 0.25) is 0 Å². The number of carbonyl (C=O) groups excluding carboxylic acids is 1. The van der Waals surface area contributed by atoms with E-state index in [0.29, 0.717) is 12.0 Å². The minimum Gasteiger partial charge on any atom is -0.354 e. The lowest BCUT2D eigenvalue weighted by Crippen LogP contribution is -2.53. The molecule has 36 heavy (non-hydrogen) atoms. The second kappa shape index (κ2) is 14.1. The van der Waals surface area contributed by atoms with Crippen molar-refractivity contribution in [3.05, 3.63) is 42.1 Å². The largest absolute Gasteiger partial charge is 0.354 e. The Kier molecular flexibility index (Phi) is 12.2. The van der Waals surface area contributed by atoms with Gasteiger partial charge in [0.25, 0.3) is 0 Å². The molecule has 2 aliphatic heterocycles. The molecule has 1 atom stereocenters. The Balaban J connectivity index is 0.00000152. The molecule has 0 spiro atoms. The maximum absolute atomic E-state index is 12.7. The number of anilines is 1. The highest BCUT2D eigenvalue weighted by molar-refractivity contribution is 7.99. The number of nitrogens with two attached hydrogens (primary N) is 1. The predicted molar refractivity (Wildman–Crippen MR) is 157 cm³/mol. The number of piperazine rings is 1. The van der Waals surface area contributed by atoms with Gasteiger partial charge in [-0.1, -0.05) is 18.2 Å². The number of halogens is 3. The Labute approximate surface area is 237 Å². The molecular weight excluding hydrogens is 539 g/mol. The van der Waals surface area contributed by atoms with Gasteiger partial charge in [-0.3, -0.25) is 9.69 Å². The lowest BCUT2D eigenvalue weighted by atomic mass is 9.80. The minimum absolute atomic E-state index is 0. The molecule has 2 aromatic rings. The lowest BCUT2D eigenvalue weighted by Gasteiger charge is -2.43. The molecule has 3 fully saturated rings. The summed E-state index contributed by atoms with van der Waals surface area (Å²) in [6, 6.07) is 12.9. The topological polar surface area (TPSA) is 70.6 Å². The normalized spacial score (nSPS) is 23.3. The molecule has 1 amide bonds. The van der Waals surface area contributed by atoms with Gasteiger partial charge in [0, 0.05) is 50.6 Å². The fourth-order valence-corrected chi connectivity index (χ4v) is 6.57. The maximum Gasteiger partial charge on any atom is 0.240 e. The summed E-state index contributed by atoms with van der Waals surface area (Å²) >= 11 is 1.83. The molecule has 0 radical (unpaired) electrons. The van der Waals surface area contributed by atoms with E-state index in [4.69, 9.17) is 10.8 Å². The highest BCUT2D eigenvalue weighted by atomic mass is 35.5. The number of carbonyl (C=O) groups is 1. The van der Waals surface area contributed by atoms with E-state index in [-0.39, 0.29) is 49.2 Å². The van der Waals surface area contributed by atoms with Crippen LogP contribution in [-0.4, -0.2) is 81.9 Å². The van der Waals surface area contributed by atoms with Gasteiger partial charge in [0.05, 0.1) is 23.3 Å². The van der Waals surface area contributed by atoms with Crippen molar-refractivity contribution in [3.8, 4) is 5.69 Å². The Morgan fingerprint density at radius 1 is 1.00 bits per heavy atom. The fraction of sp³-hybridized carbons (Fsp3) is 0.600. The molecule has 1 saturated carbocycles. The van der Waals surface area contributed by atoms with Crippen LogP contribution in [0.15, 0.2) is 36.4 Å². The van der Waals surface area contributed by atoms with Gasteiger partial charge in [0.1, 0.15) is 5.82 Å². The number of nitrogens with zero attached hydrogens (tertiary/aromatic N) is 5. The van der Waals surface area contributed by atoms with Crippen molar-refractivity contribution < 1.29 is 4.79 Å². The van der Waals surface area contributed by atoms with Gasteiger partial charge in [-0.05, 0) is 50.7 Å². The zero-order chi connectivity index (χ0) is 22.8. The summed E-state index contributed by atoms with van der Waals surface area (Å²) < 4.78 is 2.08. The van der Waals surface area contributed by atoms with Crippen molar-refractivity contribution in [3.63, 3.8) is 0 Å². The van der Waals surface area contributed by atoms with E-state index in [9.17, 15) is 4.79 Å². The molecule has 5 rings (SSSR count). The van der Waals surface area contributed by atoms with Crippen LogP contribution in [0.5, 0.6) is 0 Å². The van der Waals surface area contributed by atoms with Crippen molar-refractivity contribution in [2.75, 3.05) is 49.3 Å². The van der Waals surface area contributed by atoms with Crippen LogP contribution in [0.25, 0.3) is 5.69 Å². The van der Waals surface area contributed by atoms with E-state index in [1.54, 1.807) is 0 Å². The van der Waals surface area contributed by atoms with Crippen molar-refractivity contribution in [1.82, 2.24) is 19.6 Å². The van der Waals surface area contributed by atoms with Crippen molar-refractivity contribution in [2.24, 2.45) is 11.7 Å². The number of hydrogen-bond donors (Lipinski definition) is 1. The Bertz CT molecular complexity index is 943. The smallest absolute Gasteiger partial charge is 0.240 e. The van der Waals surface area contributed by atoms with E-state index in [2.05, 4.69) is 51.7 Å². The Hall–Kier alpha value is -1.16. The first kappa shape index (κ1) is 31.1. The molecule has 0 unspecified atom stereocenters. The van der Waals surface area contributed by atoms with Crippen LogP contribution in [0, 0.1) is 12.8 Å². The molecule has 1 aliphatic carbocycles. The fourth-order valence-electron chi connectivity index (χ4n) is 5.61. The first-order valence-electron chi connectivity index (χ1n) is 12.3. The summed E-state index contributed by atoms with van der Waals surface area (Å²) in [5, 5.41) is 4.75. The first-order chi connectivity index (χ1) is 16.1. The third-order valence-electron chi connectivity index (χ3n) is 7.57. The zero-order valence-electron chi connectivity index (χ0n) is 20.8. The zero-order valence-corrected chi connectivity index (χ0v) is 24.1. The average molecular weight is 578 g/mol. The maximum atomic E-state index is 12.7. The molecule has 202 valence electrons. The van der Waals surface area contributed by atoms with Crippen LogP contribution in [0.4, 0.5) is 5.82 Å². The van der Waals surface area contributed by atoms with Crippen LogP contribution in [-0.2, 0) is 4.79 Å². The molecule has 7 nitrogen and oxygen atoms in total. The molecule has 2 saturated heterocycles. The highest BCUT2D eigenvalue weighted by Crippen LogP contribution is 2.32. The summed E-state index contributed by atoms with van der Waals surface area (Å²) in [5.41, 5.74) is 8.57. The van der Waals surface area contributed by atoms with Crippen molar-refractivity contribution >= 4 is 60.7 Å². The lowest BCUT2D eigenvalue weighted by molar-refractivity contribution is -0.132. The number of hydrogen-bond acceptors (Lipinski definition) is 6. The van der Waals surface area contributed by atoms with Crippen LogP contribution in [0.1, 0.15) is 31.4 Å². The molecule has 11 heteroatoms. The number of benzene rings is 1. The third-order valence-corrected chi connectivity index (χ3v) is 8.53. The van der Waals surface area contributed by atoms with Gasteiger partial charge < -0.3 is 15.5 Å². The summed E-state index contributed by atoms with van der Waals surface area (Å²) in [7, 11) is 0. The first-order valence-corrected chi connectivity index (χ1v) is 13.5. The van der Waals surface area contributed by atoms with Crippen LogP contribution < -0.4 is 10.6 Å². The quantitative estimate of drug-likeness (QED) is 0.580. The minimum atomic E-state index is -0.317. The van der Waals surface area contributed by atoms with Crippen LogP contribution in [0.3, 0.4) is 0 Å². The van der Waals surface area contributed by atoms with Gasteiger partial charge in [0.2, 0.25) is 5.91 Å². The Morgan fingerprint density at radius 3 is 2.28 bits per heavy atom. The Morgan fingerprint density at radius 2 is 1.67 bits per heavy atom. The number of aryl methyl sites for hydroxylation is 1. The monoisotopic (exact) mass is 576 g/mol. The average Bonchev–Trinajstić information content (AvgIpc) is 3.54. The van der Waals surface area contributed by atoms with E-state index < -0.39 is 0 Å². The number of rotatable bonds is 5. The number of para-hydroxylation sites is 1. The van der Waals surface area contributed by atoms with Crippen molar-refractivity contribution in [1.29, 1.82) is 0 Å². The molecule has 2 N–H and O–H groups in total. The number of aromatic nitrogens is 2. The summed E-state index contributed by atoms with van der Waals surface area (Å²) in [5.74, 6) is 3.55. The molecule has 0 bridgehead atoms. The van der Waals surface area contributed by atoms with Gasteiger partial charge in [-0.2, -0.15) is 5.10 Å². The molecule has 1 aromatic carbocycles. The van der Waals surface area contributed by atoms with E-state index in [1.807, 2.05) is 22.7 Å². The second-order valence-corrected chi connectivity index (χ2v) is 10.7. The third kappa shape index (κ3) is 6.83. The second-order valence-electron chi connectivity index (χ2n) is 9.65. The molecule has 3 aliphatic rings. The van der Waals surface area contributed by atoms with E-state index >= 15 is 0 Å². The van der Waals surface area contributed by atoms with E-state index in [0.717, 1.165) is 81.4 Å². The van der Waals surface area contributed by atoms with Crippen LogP contribution >= 0.6 is 49.0 Å². The van der Waals surface area contributed by atoms with Gasteiger partial charge in [0.15, 0.2) is 0 Å². The van der Waals surface area contributed by atoms with E-state index in [1.165, 1.54) is 5.82 Å². The van der Waals surface area contributed by atoms with Crippen molar-refractivity contribution in [2.45, 2.75) is 44.7 Å². The highest BCUT2D eigenvalue weighted by Gasteiger charge is 2.35. The number of thioether (sulfide) groups is 1. The van der Waals surface area contributed by atoms with Gasteiger partial charge in [-0.25, -0.2) is 4.68 Å². The van der Waals surface area contributed by atoms with Gasteiger partial charge >= 0.3 is 0 Å². The summed E-state index contributed by atoms with van der Waals surface area (Å²) in [4.78, 5) is 19.8. The molecular formula is C25H39Cl3N6OS. The standard InChI is InChI=1S/C25H36N6OS.3ClH/c1-19-17-23(31(27-19)22-5-3-2-4-6-22)29-13-11-28(12-14-29)21-9-7-20(8-10-21)24(26)25(32)30-15-16-33-18-30;;;/h2-6,17,20-21,24H,7-16,18,26H2,1H3;3*1H/t20-,21-,24-;;;/m0.../s1. The molecule has 1 aromatic heterocycles. The summed E-state index contributed by atoms with van der Waals surface area (Å²) in [6.07, 6.45) is 4.44. The summed E-state index contributed by atoms with van der Waals surface area (Å²) in [6.45, 7) is 7.11. The SMILES string of the molecule is Cc1cc(N2CCN([C@H]3CC[C@H]([C@H](N)C(=O)N4CCSC4)CC3)CC2)n(-c2ccccc2)n1.Cl.Cl.Cl.